The summed E-state index contributed by atoms with van der Waals surface area (Å²) in [6.07, 6.45) is 14.0. The maximum absolute atomic E-state index is 12.7. The zero-order valence-corrected chi connectivity index (χ0v) is 21.5. The minimum atomic E-state index is -0.396. The minimum Gasteiger partial charge on any atom is -0.507 e. The SMILES string of the molecule is CCCCCCCCCCCCCNC(=O)c1ccc2cc(O)c(C(=O)Nc3ccccc3)cc2c1. The average Bonchev–Trinajstić information content (AvgIpc) is 2.89. The summed E-state index contributed by atoms with van der Waals surface area (Å²) in [4.78, 5) is 25.3. The van der Waals surface area contributed by atoms with Crippen LogP contribution in [0.15, 0.2) is 60.7 Å². The van der Waals surface area contributed by atoms with Gasteiger partial charge in [0.2, 0.25) is 0 Å². The van der Waals surface area contributed by atoms with Crippen molar-refractivity contribution in [3.05, 3.63) is 71.8 Å². The van der Waals surface area contributed by atoms with Crippen LogP contribution >= 0.6 is 0 Å². The maximum atomic E-state index is 12.7. The Labute approximate surface area is 215 Å². The molecule has 5 nitrogen and oxygen atoms in total. The number of anilines is 1. The second-order valence-corrected chi connectivity index (χ2v) is 9.54. The summed E-state index contributed by atoms with van der Waals surface area (Å²) in [5, 5.41) is 17.7. The highest BCUT2D eigenvalue weighted by Crippen LogP contribution is 2.27. The standard InChI is InChI=1S/C31H40N2O3/c1-2-3-4-5-6-7-8-9-10-11-15-20-32-30(35)25-19-18-24-23-29(34)28(22-26(24)21-25)31(36)33-27-16-13-12-14-17-27/h12-14,16-19,21-23,34H,2-11,15,20H2,1H3,(H,32,35)(H,33,36). The first kappa shape index (κ1) is 27.3. The van der Waals surface area contributed by atoms with Gasteiger partial charge in [-0.05, 0) is 53.6 Å². The number of aromatic hydroxyl groups is 1. The molecule has 0 aromatic heterocycles. The van der Waals surface area contributed by atoms with E-state index in [9.17, 15) is 14.7 Å². The van der Waals surface area contributed by atoms with E-state index in [1.54, 1.807) is 42.5 Å². The molecule has 0 spiro atoms. The van der Waals surface area contributed by atoms with Crippen molar-refractivity contribution >= 4 is 28.3 Å². The fraction of sp³-hybridized carbons (Fsp3) is 0.419. The van der Waals surface area contributed by atoms with Gasteiger partial charge in [0.1, 0.15) is 5.75 Å². The Bertz CT molecular complexity index is 1110. The third-order valence-electron chi connectivity index (χ3n) is 6.56. The van der Waals surface area contributed by atoms with Crippen LogP contribution in [0.3, 0.4) is 0 Å². The molecule has 0 radical (unpaired) electrons. The maximum Gasteiger partial charge on any atom is 0.259 e. The van der Waals surface area contributed by atoms with Gasteiger partial charge >= 0.3 is 0 Å². The molecule has 0 bridgehead atoms. The van der Waals surface area contributed by atoms with Crippen LogP contribution in [-0.2, 0) is 0 Å². The number of nitrogens with one attached hydrogen (secondary N) is 2. The van der Waals surface area contributed by atoms with Crippen molar-refractivity contribution < 1.29 is 14.7 Å². The van der Waals surface area contributed by atoms with Gasteiger partial charge in [-0.15, -0.1) is 0 Å². The minimum absolute atomic E-state index is 0.0929. The normalized spacial score (nSPS) is 10.9. The Balaban J connectivity index is 1.44. The van der Waals surface area contributed by atoms with Gasteiger partial charge in [0, 0.05) is 17.8 Å². The van der Waals surface area contributed by atoms with Crippen LogP contribution in [-0.4, -0.2) is 23.5 Å². The van der Waals surface area contributed by atoms with Gasteiger partial charge in [-0.1, -0.05) is 95.4 Å². The summed E-state index contributed by atoms with van der Waals surface area (Å²) >= 11 is 0. The largest absolute Gasteiger partial charge is 0.507 e. The molecular formula is C31H40N2O3. The summed E-state index contributed by atoms with van der Waals surface area (Å²) < 4.78 is 0. The third-order valence-corrected chi connectivity index (χ3v) is 6.56. The molecule has 0 fully saturated rings. The van der Waals surface area contributed by atoms with Crippen LogP contribution < -0.4 is 10.6 Å². The number of hydrogen-bond acceptors (Lipinski definition) is 3. The molecule has 0 heterocycles. The van der Waals surface area contributed by atoms with Gasteiger partial charge in [-0.3, -0.25) is 9.59 Å². The zero-order valence-electron chi connectivity index (χ0n) is 21.5. The van der Waals surface area contributed by atoms with E-state index in [-0.39, 0.29) is 17.2 Å². The predicted molar refractivity (Wildman–Crippen MR) is 149 cm³/mol. The molecule has 0 saturated heterocycles. The highest BCUT2D eigenvalue weighted by molar-refractivity contribution is 6.09. The molecule has 0 aliphatic rings. The first-order chi connectivity index (χ1) is 17.6. The van der Waals surface area contributed by atoms with E-state index in [2.05, 4.69) is 17.6 Å². The molecule has 192 valence electrons. The van der Waals surface area contributed by atoms with Crippen LogP contribution in [0.5, 0.6) is 5.75 Å². The van der Waals surface area contributed by atoms with Crippen molar-refractivity contribution in [2.45, 2.75) is 77.6 Å². The highest BCUT2D eigenvalue weighted by atomic mass is 16.3. The smallest absolute Gasteiger partial charge is 0.259 e. The topological polar surface area (TPSA) is 78.4 Å². The van der Waals surface area contributed by atoms with Crippen molar-refractivity contribution in [1.82, 2.24) is 5.32 Å². The van der Waals surface area contributed by atoms with E-state index in [4.69, 9.17) is 0 Å². The van der Waals surface area contributed by atoms with Gasteiger partial charge < -0.3 is 15.7 Å². The number of carbonyl (C=O) groups excluding carboxylic acids is 2. The fourth-order valence-electron chi connectivity index (χ4n) is 4.42. The highest BCUT2D eigenvalue weighted by Gasteiger charge is 2.14. The molecule has 3 N–H and O–H groups in total. The predicted octanol–water partition coefficient (Wildman–Crippen LogP) is 7.84. The lowest BCUT2D eigenvalue weighted by atomic mass is 10.0. The molecule has 2 amide bonds. The van der Waals surface area contributed by atoms with E-state index in [1.807, 2.05) is 18.2 Å². The van der Waals surface area contributed by atoms with Gasteiger partial charge in [-0.2, -0.15) is 0 Å². The number of carbonyl (C=O) groups is 2. The van der Waals surface area contributed by atoms with E-state index < -0.39 is 5.91 Å². The molecular weight excluding hydrogens is 448 g/mol. The van der Waals surface area contributed by atoms with Crippen molar-refractivity contribution in [2.75, 3.05) is 11.9 Å². The quantitative estimate of drug-likeness (QED) is 0.191. The average molecular weight is 489 g/mol. The molecule has 3 aromatic carbocycles. The first-order valence-electron chi connectivity index (χ1n) is 13.5. The Morgan fingerprint density at radius 1 is 0.694 bits per heavy atom. The molecule has 0 atom stereocenters. The molecule has 0 aliphatic heterocycles. The van der Waals surface area contributed by atoms with Crippen LogP contribution in [0.2, 0.25) is 0 Å². The van der Waals surface area contributed by atoms with E-state index in [0.717, 1.165) is 23.6 Å². The molecule has 3 aromatic rings. The Kier molecular flexibility index (Phi) is 11.3. The first-order valence-corrected chi connectivity index (χ1v) is 13.5. The number of benzene rings is 3. The lowest BCUT2D eigenvalue weighted by molar-refractivity contribution is 0.0952. The van der Waals surface area contributed by atoms with Gasteiger partial charge in [-0.25, -0.2) is 0 Å². The van der Waals surface area contributed by atoms with E-state index >= 15 is 0 Å². The molecule has 36 heavy (non-hydrogen) atoms. The Hall–Kier alpha value is -3.34. The Morgan fingerprint density at radius 3 is 2.00 bits per heavy atom. The number of hydrogen-bond donors (Lipinski definition) is 3. The second kappa shape index (κ2) is 14.9. The molecule has 0 aliphatic carbocycles. The van der Waals surface area contributed by atoms with Crippen LogP contribution in [0, 0.1) is 0 Å². The van der Waals surface area contributed by atoms with Gasteiger partial charge in [0.25, 0.3) is 11.8 Å². The van der Waals surface area contributed by atoms with Crippen molar-refractivity contribution in [1.29, 1.82) is 0 Å². The van der Waals surface area contributed by atoms with Crippen LogP contribution in [0.4, 0.5) is 5.69 Å². The fourth-order valence-corrected chi connectivity index (χ4v) is 4.42. The van der Waals surface area contributed by atoms with Gasteiger partial charge in [0.15, 0.2) is 0 Å². The van der Waals surface area contributed by atoms with Crippen molar-refractivity contribution in [3.63, 3.8) is 0 Å². The summed E-state index contributed by atoms with van der Waals surface area (Å²) in [6, 6.07) is 17.6. The second-order valence-electron chi connectivity index (χ2n) is 9.54. The van der Waals surface area contributed by atoms with Crippen molar-refractivity contribution in [3.8, 4) is 5.75 Å². The molecule has 0 saturated carbocycles. The third kappa shape index (κ3) is 8.71. The van der Waals surface area contributed by atoms with E-state index in [1.165, 1.54) is 57.8 Å². The number of amides is 2. The van der Waals surface area contributed by atoms with Crippen LogP contribution in [0.25, 0.3) is 10.8 Å². The number of unbranched alkanes of at least 4 members (excludes halogenated alkanes) is 10. The molecule has 0 unspecified atom stereocenters. The Morgan fingerprint density at radius 2 is 1.33 bits per heavy atom. The van der Waals surface area contributed by atoms with E-state index in [0.29, 0.717) is 17.8 Å². The van der Waals surface area contributed by atoms with Gasteiger partial charge in [0.05, 0.1) is 5.56 Å². The zero-order chi connectivity index (χ0) is 25.6. The number of rotatable bonds is 15. The summed E-state index contributed by atoms with van der Waals surface area (Å²) in [7, 11) is 0. The number of fused-ring (bicyclic) bond motifs is 1. The van der Waals surface area contributed by atoms with Crippen LogP contribution in [0.1, 0.15) is 98.3 Å². The molecule has 3 rings (SSSR count). The summed E-state index contributed by atoms with van der Waals surface area (Å²) in [5.74, 6) is -0.607. The number of phenols is 1. The summed E-state index contributed by atoms with van der Waals surface area (Å²) in [5.41, 5.74) is 1.37. The van der Waals surface area contributed by atoms with Crippen molar-refractivity contribution in [2.24, 2.45) is 0 Å². The molecule has 5 heteroatoms. The monoisotopic (exact) mass is 488 g/mol. The lowest BCUT2D eigenvalue weighted by Gasteiger charge is -2.10. The lowest BCUT2D eigenvalue weighted by Crippen LogP contribution is -2.24. The number of phenolic OH excluding ortho intramolecular Hbond substituents is 1. The summed E-state index contributed by atoms with van der Waals surface area (Å²) in [6.45, 7) is 2.91. The number of para-hydroxylation sites is 1.